The summed E-state index contributed by atoms with van der Waals surface area (Å²) < 4.78 is 14.6. The van der Waals surface area contributed by atoms with Crippen LogP contribution in [-0.4, -0.2) is 59.8 Å². The van der Waals surface area contributed by atoms with E-state index in [0.717, 1.165) is 54.8 Å². The Morgan fingerprint density at radius 2 is 1.81 bits per heavy atom. The van der Waals surface area contributed by atoms with E-state index in [2.05, 4.69) is 16.9 Å². The molecular weight excluding hydrogens is 407 g/mol. The Bertz CT molecular complexity index is 1210. The topological polar surface area (TPSA) is 82.4 Å². The van der Waals surface area contributed by atoms with Gasteiger partial charge in [0.1, 0.15) is 5.82 Å². The number of hydrogen-bond acceptors (Lipinski definition) is 3. The molecule has 2 aromatic carbocycles. The first-order valence-electron chi connectivity index (χ1n) is 11.1. The Hall–Kier alpha value is -3.19. The molecule has 2 aliphatic rings. The van der Waals surface area contributed by atoms with E-state index in [1.807, 2.05) is 4.90 Å². The van der Waals surface area contributed by atoms with Crippen molar-refractivity contribution in [2.45, 2.75) is 19.3 Å². The van der Waals surface area contributed by atoms with Crippen LogP contribution in [-0.2, 0) is 17.6 Å². The summed E-state index contributed by atoms with van der Waals surface area (Å²) in [6.07, 6.45) is 2.02. The quantitative estimate of drug-likeness (QED) is 0.665. The number of piperazine rings is 1. The van der Waals surface area contributed by atoms with Gasteiger partial charge in [-0.15, -0.1) is 0 Å². The van der Waals surface area contributed by atoms with Gasteiger partial charge in [-0.05, 0) is 49.6 Å². The number of nitrogens with zero attached hydrogens (tertiary/aromatic N) is 2. The minimum Gasteiger partial charge on any atom is -0.366 e. The molecule has 2 amide bonds. The lowest BCUT2D eigenvalue weighted by Gasteiger charge is -2.35. The second kappa shape index (κ2) is 8.06. The van der Waals surface area contributed by atoms with Crippen molar-refractivity contribution in [1.29, 1.82) is 0 Å². The van der Waals surface area contributed by atoms with Gasteiger partial charge in [0.15, 0.2) is 0 Å². The fourth-order valence-corrected chi connectivity index (χ4v) is 5.15. The standard InChI is InChI=1S/C25H27FN4O2/c1-29-10-12-30(13-11-29)25(32)15-6-7-18-21(14-15)28-23-19(24(27)31)9-8-17(22(18)23)16-4-2-3-5-20(16)26/h2-5,8-9,15,28H,6-7,10-14H2,1H3,(H2,27,31). The highest BCUT2D eigenvalue weighted by atomic mass is 19.1. The number of nitrogens with two attached hydrogens (primary N) is 1. The molecule has 1 aromatic heterocycles. The maximum absolute atomic E-state index is 14.6. The van der Waals surface area contributed by atoms with Crippen LogP contribution in [0.5, 0.6) is 0 Å². The van der Waals surface area contributed by atoms with Gasteiger partial charge >= 0.3 is 0 Å². The molecule has 2 heterocycles. The second-order valence-corrected chi connectivity index (χ2v) is 8.91. The van der Waals surface area contributed by atoms with E-state index in [-0.39, 0.29) is 17.6 Å². The molecule has 32 heavy (non-hydrogen) atoms. The number of H-pyrrole nitrogens is 1. The fraction of sp³-hybridized carbons (Fsp3) is 0.360. The highest BCUT2D eigenvalue weighted by Crippen LogP contribution is 2.40. The lowest BCUT2D eigenvalue weighted by molar-refractivity contribution is -0.137. The van der Waals surface area contributed by atoms with Gasteiger partial charge in [0.05, 0.1) is 11.1 Å². The average molecular weight is 435 g/mol. The predicted molar refractivity (Wildman–Crippen MR) is 122 cm³/mol. The third-order valence-corrected chi connectivity index (χ3v) is 6.93. The molecule has 1 aliphatic carbocycles. The number of hydrogen-bond donors (Lipinski definition) is 2. The zero-order valence-electron chi connectivity index (χ0n) is 18.2. The molecule has 166 valence electrons. The van der Waals surface area contributed by atoms with Crippen LogP contribution in [0.4, 0.5) is 4.39 Å². The van der Waals surface area contributed by atoms with Gasteiger partial charge < -0.3 is 20.5 Å². The summed E-state index contributed by atoms with van der Waals surface area (Å²) >= 11 is 0. The Morgan fingerprint density at radius 1 is 1.06 bits per heavy atom. The SMILES string of the molecule is CN1CCN(C(=O)C2CCc3c([nH]c4c(C(N)=O)ccc(-c5ccccc5F)c34)C2)CC1. The van der Waals surface area contributed by atoms with Crippen molar-refractivity contribution in [2.24, 2.45) is 11.7 Å². The van der Waals surface area contributed by atoms with E-state index in [9.17, 15) is 14.0 Å². The summed E-state index contributed by atoms with van der Waals surface area (Å²) in [6.45, 7) is 3.30. The molecule has 1 fully saturated rings. The van der Waals surface area contributed by atoms with Gasteiger partial charge in [0.2, 0.25) is 5.91 Å². The minimum atomic E-state index is -0.529. The van der Waals surface area contributed by atoms with E-state index >= 15 is 0 Å². The van der Waals surface area contributed by atoms with Crippen LogP contribution in [0.1, 0.15) is 28.0 Å². The van der Waals surface area contributed by atoms with Gasteiger partial charge in [-0.3, -0.25) is 9.59 Å². The second-order valence-electron chi connectivity index (χ2n) is 8.91. The van der Waals surface area contributed by atoms with Crippen molar-refractivity contribution < 1.29 is 14.0 Å². The number of aromatic nitrogens is 1. The van der Waals surface area contributed by atoms with Crippen molar-refractivity contribution in [1.82, 2.24) is 14.8 Å². The lowest BCUT2D eigenvalue weighted by atomic mass is 9.84. The Balaban J connectivity index is 1.55. The normalized spacial score (nSPS) is 19.2. The number of halogens is 1. The molecule has 5 rings (SSSR count). The Labute approximate surface area is 186 Å². The van der Waals surface area contributed by atoms with Crippen LogP contribution in [0.2, 0.25) is 0 Å². The molecule has 0 saturated carbocycles. The number of primary amides is 1. The Kier molecular flexibility index (Phi) is 5.21. The number of likely N-dealkylation sites (N-methyl/N-ethyl adjacent to an activating group) is 1. The van der Waals surface area contributed by atoms with Gasteiger partial charge in [0, 0.05) is 48.7 Å². The molecule has 1 atom stereocenters. The van der Waals surface area contributed by atoms with Crippen molar-refractivity contribution >= 4 is 22.7 Å². The molecule has 0 spiro atoms. The van der Waals surface area contributed by atoms with Crippen LogP contribution < -0.4 is 5.73 Å². The number of amides is 2. The Morgan fingerprint density at radius 3 is 2.53 bits per heavy atom. The largest absolute Gasteiger partial charge is 0.366 e. The van der Waals surface area contributed by atoms with Crippen molar-refractivity contribution in [2.75, 3.05) is 33.2 Å². The maximum Gasteiger partial charge on any atom is 0.250 e. The number of carbonyl (C=O) groups excluding carboxylic acids is 2. The van der Waals surface area contributed by atoms with Crippen molar-refractivity contribution in [3.63, 3.8) is 0 Å². The molecule has 3 N–H and O–H groups in total. The van der Waals surface area contributed by atoms with E-state index in [4.69, 9.17) is 5.73 Å². The predicted octanol–water partition coefficient (Wildman–Crippen LogP) is 2.95. The first-order valence-corrected chi connectivity index (χ1v) is 11.1. The third-order valence-electron chi connectivity index (χ3n) is 6.93. The highest BCUT2D eigenvalue weighted by Gasteiger charge is 2.32. The number of benzene rings is 2. The first-order chi connectivity index (χ1) is 15.4. The molecular formula is C25H27FN4O2. The smallest absolute Gasteiger partial charge is 0.250 e. The summed E-state index contributed by atoms with van der Waals surface area (Å²) in [5.74, 6) is -0.729. The molecule has 1 unspecified atom stereocenters. The molecule has 0 radical (unpaired) electrons. The number of aryl methyl sites for hydroxylation is 1. The van der Waals surface area contributed by atoms with Crippen LogP contribution in [0, 0.1) is 11.7 Å². The number of aromatic amines is 1. The first kappa shape index (κ1) is 20.7. The van der Waals surface area contributed by atoms with E-state index in [1.165, 1.54) is 6.07 Å². The van der Waals surface area contributed by atoms with Crippen molar-refractivity contribution in [3.05, 3.63) is 59.0 Å². The van der Waals surface area contributed by atoms with Crippen LogP contribution in [0.15, 0.2) is 36.4 Å². The molecule has 1 saturated heterocycles. The molecule has 6 nitrogen and oxygen atoms in total. The summed E-state index contributed by atoms with van der Waals surface area (Å²) in [6, 6.07) is 10.1. The fourth-order valence-electron chi connectivity index (χ4n) is 5.15. The van der Waals surface area contributed by atoms with Gasteiger partial charge in [-0.25, -0.2) is 4.39 Å². The number of rotatable bonds is 3. The lowest BCUT2D eigenvalue weighted by Crippen LogP contribution is -2.49. The summed E-state index contributed by atoms with van der Waals surface area (Å²) in [5, 5.41) is 0.840. The zero-order valence-corrected chi connectivity index (χ0v) is 18.2. The highest BCUT2D eigenvalue weighted by molar-refractivity contribution is 6.10. The maximum atomic E-state index is 14.6. The number of nitrogens with one attached hydrogen (secondary N) is 1. The molecule has 3 aromatic rings. The summed E-state index contributed by atoms with van der Waals surface area (Å²) in [7, 11) is 2.07. The molecule has 1 aliphatic heterocycles. The van der Waals surface area contributed by atoms with Crippen LogP contribution in [0.25, 0.3) is 22.0 Å². The third kappa shape index (κ3) is 3.46. The average Bonchev–Trinajstić information content (AvgIpc) is 3.17. The van der Waals surface area contributed by atoms with Gasteiger partial charge in [-0.2, -0.15) is 0 Å². The van der Waals surface area contributed by atoms with Crippen LogP contribution in [0.3, 0.4) is 0 Å². The van der Waals surface area contributed by atoms with Gasteiger partial charge in [0.25, 0.3) is 5.91 Å². The monoisotopic (exact) mass is 434 g/mol. The van der Waals surface area contributed by atoms with E-state index in [0.29, 0.717) is 29.5 Å². The summed E-state index contributed by atoms with van der Waals surface area (Å²) in [5.41, 5.74) is 9.90. The minimum absolute atomic E-state index is 0.0899. The zero-order chi connectivity index (χ0) is 22.4. The number of fused-ring (bicyclic) bond motifs is 3. The molecule has 7 heteroatoms. The summed E-state index contributed by atoms with van der Waals surface area (Å²) in [4.78, 5) is 32.9. The number of carbonyl (C=O) groups is 2. The van der Waals surface area contributed by atoms with E-state index < -0.39 is 5.91 Å². The van der Waals surface area contributed by atoms with Gasteiger partial charge in [-0.1, -0.05) is 24.3 Å². The van der Waals surface area contributed by atoms with E-state index in [1.54, 1.807) is 30.3 Å². The van der Waals surface area contributed by atoms with Crippen LogP contribution >= 0.6 is 0 Å². The van der Waals surface area contributed by atoms with Crippen molar-refractivity contribution in [3.8, 4) is 11.1 Å². The molecule has 0 bridgehead atoms.